The number of benzene rings is 2. The highest BCUT2D eigenvalue weighted by Crippen LogP contribution is 2.35. The van der Waals surface area contributed by atoms with E-state index in [1.54, 1.807) is 0 Å². The molecule has 1 aliphatic rings. The van der Waals surface area contributed by atoms with Crippen LogP contribution in [0.1, 0.15) is 42.7 Å². The maximum atomic E-state index is 12.2. The van der Waals surface area contributed by atoms with Crippen molar-refractivity contribution in [2.45, 2.75) is 38.2 Å². The lowest BCUT2D eigenvalue weighted by Crippen LogP contribution is -2.17. The van der Waals surface area contributed by atoms with Crippen molar-refractivity contribution in [2.75, 3.05) is 0 Å². The number of ketones is 1. The Morgan fingerprint density at radius 2 is 1.71 bits per heavy atom. The van der Waals surface area contributed by atoms with Gasteiger partial charge >= 0.3 is 0 Å². The molecule has 2 nitrogen and oxygen atoms in total. The van der Waals surface area contributed by atoms with Gasteiger partial charge in [-0.15, -0.1) is 0 Å². The zero-order chi connectivity index (χ0) is 14.5. The van der Waals surface area contributed by atoms with Crippen molar-refractivity contribution in [2.24, 2.45) is 0 Å². The molecular weight excluding hydrogens is 260 g/mol. The fraction of sp³-hybridized carbons (Fsp3) is 0.316. The van der Waals surface area contributed by atoms with Crippen LogP contribution in [-0.4, -0.2) is 5.78 Å². The minimum atomic E-state index is 0.0192. The Kier molecular flexibility index (Phi) is 4.34. The predicted molar refractivity (Wildman–Crippen MR) is 83.4 cm³/mol. The van der Waals surface area contributed by atoms with Gasteiger partial charge in [0.15, 0.2) is 0 Å². The van der Waals surface area contributed by atoms with E-state index < -0.39 is 0 Å². The normalized spacial score (nSPS) is 18.5. The monoisotopic (exact) mass is 280 g/mol. The van der Waals surface area contributed by atoms with Crippen LogP contribution in [0, 0.1) is 0 Å². The third kappa shape index (κ3) is 3.33. The molecule has 21 heavy (non-hydrogen) atoms. The van der Waals surface area contributed by atoms with E-state index in [0.717, 1.165) is 36.1 Å². The highest BCUT2D eigenvalue weighted by molar-refractivity contribution is 5.87. The number of carbonyl (C=O) groups is 1. The summed E-state index contributed by atoms with van der Waals surface area (Å²) in [5, 5.41) is 0. The first kappa shape index (κ1) is 13.9. The Hall–Kier alpha value is -2.09. The molecule has 1 atom stereocenters. The summed E-state index contributed by atoms with van der Waals surface area (Å²) in [6, 6.07) is 18.1. The lowest BCUT2D eigenvalue weighted by atomic mass is 9.82. The van der Waals surface area contributed by atoms with Gasteiger partial charge in [-0.1, -0.05) is 55.0 Å². The molecule has 0 spiro atoms. The van der Waals surface area contributed by atoms with Crippen LogP contribution in [0.5, 0.6) is 5.75 Å². The van der Waals surface area contributed by atoms with Gasteiger partial charge < -0.3 is 4.74 Å². The average molecular weight is 280 g/mol. The standard InChI is InChI=1S/C19H20O2/c20-18-12-6-4-10-16(18)17-11-5-7-13-19(17)21-14-15-8-2-1-3-9-15/h1-3,5,7-9,11,13,16H,4,6,10,12,14H2. The Labute approximate surface area is 125 Å². The van der Waals surface area contributed by atoms with Crippen LogP contribution in [0.2, 0.25) is 0 Å². The Balaban J connectivity index is 1.77. The number of para-hydroxylation sites is 1. The first-order valence-corrected chi connectivity index (χ1v) is 7.63. The molecule has 0 saturated heterocycles. The number of hydrogen-bond donors (Lipinski definition) is 0. The van der Waals surface area contributed by atoms with E-state index in [2.05, 4.69) is 0 Å². The van der Waals surface area contributed by atoms with Gasteiger partial charge in [0.1, 0.15) is 18.1 Å². The molecule has 2 heteroatoms. The van der Waals surface area contributed by atoms with Crippen LogP contribution in [0.3, 0.4) is 0 Å². The molecule has 1 fully saturated rings. The summed E-state index contributed by atoms with van der Waals surface area (Å²) in [5.41, 5.74) is 2.19. The first-order chi connectivity index (χ1) is 10.3. The maximum Gasteiger partial charge on any atom is 0.140 e. The van der Waals surface area contributed by atoms with E-state index in [4.69, 9.17) is 4.74 Å². The van der Waals surface area contributed by atoms with Crippen molar-refractivity contribution < 1.29 is 9.53 Å². The summed E-state index contributed by atoms with van der Waals surface area (Å²) in [4.78, 5) is 12.2. The van der Waals surface area contributed by atoms with Gasteiger partial charge in [0.05, 0.1) is 0 Å². The van der Waals surface area contributed by atoms with Crippen molar-refractivity contribution >= 4 is 5.78 Å². The highest BCUT2D eigenvalue weighted by atomic mass is 16.5. The van der Waals surface area contributed by atoms with E-state index in [9.17, 15) is 4.79 Å². The number of Topliss-reactive ketones (excluding diaryl/α,β-unsaturated/α-hetero) is 1. The molecule has 0 radical (unpaired) electrons. The van der Waals surface area contributed by atoms with Gasteiger partial charge in [-0.25, -0.2) is 0 Å². The van der Waals surface area contributed by atoms with Gasteiger partial charge in [0.25, 0.3) is 0 Å². The van der Waals surface area contributed by atoms with Gasteiger partial charge in [-0.2, -0.15) is 0 Å². The molecule has 0 bridgehead atoms. The molecule has 2 aromatic carbocycles. The van der Waals surface area contributed by atoms with Gasteiger partial charge in [-0.3, -0.25) is 4.79 Å². The average Bonchev–Trinajstić information content (AvgIpc) is 2.55. The van der Waals surface area contributed by atoms with Crippen LogP contribution in [0.4, 0.5) is 0 Å². The number of hydrogen-bond acceptors (Lipinski definition) is 2. The summed E-state index contributed by atoms with van der Waals surface area (Å²) in [6.07, 6.45) is 3.81. The zero-order valence-electron chi connectivity index (χ0n) is 12.1. The van der Waals surface area contributed by atoms with Crippen LogP contribution >= 0.6 is 0 Å². The zero-order valence-corrected chi connectivity index (χ0v) is 12.1. The van der Waals surface area contributed by atoms with E-state index >= 15 is 0 Å². The molecule has 1 unspecified atom stereocenters. The second-order valence-electron chi connectivity index (χ2n) is 5.58. The molecule has 1 saturated carbocycles. The number of carbonyl (C=O) groups excluding carboxylic acids is 1. The van der Waals surface area contributed by atoms with Crippen molar-refractivity contribution in [3.63, 3.8) is 0 Å². The maximum absolute atomic E-state index is 12.2. The molecule has 0 heterocycles. The Morgan fingerprint density at radius 3 is 2.52 bits per heavy atom. The molecule has 108 valence electrons. The van der Waals surface area contributed by atoms with Crippen molar-refractivity contribution in [3.8, 4) is 5.75 Å². The minimum absolute atomic E-state index is 0.0192. The first-order valence-electron chi connectivity index (χ1n) is 7.63. The largest absolute Gasteiger partial charge is 0.489 e. The van der Waals surface area contributed by atoms with Gasteiger partial charge in [0, 0.05) is 17.9 Å². The summed E-state index contributed by atoms with van der Waals surface area (Å²) < 4.78 is 5.97. The highest BCUT2D eigenvalue weighted by Gasteiger charge is 2.26. The number of ether oxygens (including phenoxy) is 1. The molecular formula is C19H20O2. The third-order valence-electron chi connectivity index (χ3n) is 4.09. The van der Waals surface area contributed by atoms with Gasteiger partial charge in [-0.05, 0) is 24.5 Å². The van der Waals surface area contributed by atoms with Crippen LogP contribution in [0.15, 0.2) is 54.6 Å². The van der Waals surface area contributed by atoms with Crippen LogP contribution in [0.25, 0.3) is 0 Å². The quantitative estimate of drug-likeness (QED) is 0.824. The van der Waals surface area contributed by atoms with E-state index in [-0.39, 0.29) is 5.92 Å². The lowest BCUT2D eigenvalue weighted by molar-refractivity contribution is -0.121. The summed E-state index contributed by atoms with van der Waals surface area (Å²) in [7, 11) is 0. The SMILES string of the molecule is O=C1CCCCC1c1ccccc1OCc1ccccc1. The fourth-order valence-corrected chi connectivity index (χ4v) is 2.95. The summed E-state index contributed by atoms with van der Waals surface area (Å²) in [5.74, 6) is 1.23. The van der Waals surface area contributed by atoms with Crippen molar-refractivity contribution in [1.29, 1.82) is 0 Å². The third-order valence-corrected chi connectivity index (χ3v) is 4.09. The summed E-state index contributed by atoms with van der Waals surface area (Å²) >= 11 is 0. The van der Waals surface area contributed by atoms with E-state index in [1.807, 2.05) is 54.6 Å². The molecule has 1 aliphatic carbocycles. The van der Waals surface area contributed by atoms with Crippen LogP contribution < -0.4 is 4.74 Å². The molecule has 2 aromatic rings. The second-order valence-corrected chi connectivity index (χ2v) is 5.58. The smallest absolute Gasteiger partial charge is 0.140 e. The molecule has 0 amide bonds. The van der Waals surface area contributed by atoms with Crippen molar-refractivity contribution in [1.82, 2.24) is 0 Å². The summed E-state index contributed by atoms with van der Waals surface area (Å²) in [6.45, 7) is 0.540. The topological polar surface area (TPSA) is 26.3 Å². The lowest BCUT2D eigenvalue weighted by Gasteiger charge is -2.23. The van der Waals surface area contributed by atoms with Crippen LogP contribution in [-0.2, 0) is 11.4 Å². The van der Waals surface area contributed by atoms with Gasteiger partial charge in [0.2, 0.25) is 0 Å². The van der Waals surface area contributed by atoms with Crippen molar-refractivity contribution in [3.05, 3.63) is 65.7 Å². The molecule has 0 aromatic heterocycles. The fourth-order valence-electron chi connectivity index (χ4n) is 2.95. The Bertz CT molecular complexity index is 604. The molecule has 0 aliphatic heterocycles. The molecule has 3 rings (SSSR count). The van der Waals surface area contributed by atoms with E-state index in [0.29, 0.717) is 18.8 Å². The second kappa shape index (κ2) is 6.57. The number of rotatable bonds is 4. The predicted octanol–water partition coefficient (Wildman–Crippen LogP) is 4.49. The minimum Gasteiger partial charge on any atom is -0.489 e. The van der Waals surface area contributed by atoms with E-state index in [1.165, 1.54) is 0 Å². The molecule has 0 N–H and O–H groups in total. The Morgan fingerprint density at radius 1 is 0.952 bits per heavy atom.